The number of nitrogens with zero attached hydrogens (tertiary/aromatic N) is 3. The molecule has 2 heterocycles. The minimum atomic E-state index is -0.238. The molecule has 37 heavy (non-hydrogen) atoms. The average molecular weight is 499 g/mol. The number of fused-ring (bicyclic) bond motifs is 1. The smallest absolute Gasteiger partial charge is 0.267 e. The molecular weight excluding hydrogens is 468 g/mol. The average Bonchev–Trinajstić information content (AvgIpc) is 2.93. The van der Waals surface area contributed by atoms with Crippen molar-refractivity contribution in [3.05, 3.63) is 93.3 Å². The number of rotatable bonds is 6. The molecule has 8 nitrogen and oxygen atoms in total. The van der Waals surface area contributed by atoms with Crippen molar-refractivity contribution in [2.45, 2.75) is 20.4 Å². The fourth-order valence-electron chi connectivity index (χ4n) is 4.45. The van der Waals surface area contributed by atoms with E-state index in [4.69, 9.17) is 14.5 Å². The molecule has 0 saturated carbocycles. The van der Waals surface area contributed by atoms with Crippen molar-refractivity contribution in [1.29, 1.82) is 0 Å². The second-order valence-corrected chi connectivity index (χ2v) is 9.19. The lowest BCUT2D eigenvalue weighted by Gasteiger charge is -2.30. The summed E-state index contributed by atoms with van der Waals surface area (Å²) < 4.78 is 12.5. The Balaban J connectivity index is 1.53. The predicted octanol–water partition coefficient (Wildman–Crippen LogP) is 3.78. The van der Waals surface area contributed by atoms with Gasteiger partial charge in [0.1, 0.15) is 5.75 Å². The quantitative estimate of drug-likeness (QED) is 0.436. The van der Waals surface area contributed by atoms with E-state index >= 15 is 0 Å². The summed E-state index contributed by atoms with van der Waals surface area (Å²) in [5, 5.41) is 3.40. The van der Waals surface area contributed by atoms with E-state index in [1.54, 1.807) is 29.9 Å². The lowest BCUT2D eigenvalue weighted by molar-refractivity contribution is 0.0951. The van der Waals surface area contributed by atoms with Crippen molar-refractivity contribution in [2.75, 3.05) is 38.3 Å². The lowest BCUT2D eigenvalue weighted by atomic mass is 10.1. The summed E-state index contributed by atoms with van der Waals surface area (Å²) in [5.74, 6) is 1.05. The third kappa shape index (κ3) is 5.06. The number of anilines is 1. The first-order chi connectivity index (χ1) is 17.9. The van der Waals surface area contributed by atoms with Gasteiger partial charge >= 0.3 is 0 Å². The fraction of sp³-hybridized carbons (Fsp3) is 0.276. The molecule has 5 rings (SSSR count). The molecule has 0 radical (unpaired) electrons. The zero-order chi connectivity index (χ0) is 25.9. The first kappa shape index (κ1) is 24.5. The number of methoxy groups -OCH3 is 1. The number of morpholine rings is 1. The maximum absolute atomic E-state index is 13.8. The normalized spacial score (nSPS) is 13.5. The van der Waals surface area contributed by atoms with Gasteiger partial charge in [0, 0.05) is 25.2 Å². The summed E-state index contributed by atoms with van der Waals surface area (Å²) in [6.07, 6.45) is 0. The van der Waals surface area contributed by atoms with Gasteiger partial charge in [0.2, 0.25) is 5.95 Å². The summed E-state index contributed by atoms with van der Waals surface area (Å²) in [4.78, 5) is 33.7. The van der Waals surface area contributed by atoms with Crippen LogP contribution >= 0.6 is 0 Å². The van der Waals surface area contributed by atoms with Gasteiger partial charge in [-0.2, -0.15) is 0 Å². The topological polar surface area (TPSA) is 85.7 Å². The van der Waals surface area contributed by atoms with Crippen LogP contribution in [-0.4, -0.2) is 48.9 Å². The molecule has 0 atom stereocenters. The van der Waals surface area contributed by atoms with Crippen LogP contribution in [0.1, 0.15) is 27.0 Å². The highest BCUT2D eigenvalue weighted by Crippen LogP contribution is 2.23. The van der Waals surface area contributed by atoms with Gasteiger partial charge in [-0.05, 0) is 73.0 Å². The van der Waals surface area contributed by atoms with E-state index in [-0.39, 0.29) is 11.5 Å². The van der Waals surface area contributed by atoms with Crippen molar-refractivity contribution < 1.29 is 14.3 Å². The molecule has 1 aliphatic rings. The number of hydrogen-bond acceptors (Lipinski definition) is 6. The maximum atomic E-state index is 13.8. The zero-order valence-corrected chi connectivity index (χ0v) is 21.3. The molecule has 3 aromatic carbocycles. The third-order valence-electron chi connectivity index (χ3n) is 6.74. The van der Waals surface area contributed by atoms with Crippen LogP contribution < -0.4 is 20.5 Å². The Kier molecular flexibility index (Phi) is 6.92. The van der Waals surface area contributed by atoms with Crippen LogP contribution in [-0.2, 0) is 11.3 Å². The largest absolute Gasteiger partial charge is 0.497 e. The molecular formula is C29H30N4O4. The Morgan fingerprint density at radius 3 is 2.59 bits per heavy atom. The number of aryl methyl sites for hydroxylation is 2. The second kappa shape index (κ2) is 10.4. The number of ether oxygens (including phenoxy) is 2. The molecule has 1 aromatic heterocycles. The third-order valence-corrected chi connectivity index (χ3v) is 6.74. The van der Waals surface area contributed by atoms with Gasteiger partial charge in [-0.15, -0.1) is 0 Å². The SMILES string of the molecule is COc1cccc(CNC(=O)c2ccc3c(=O)n(-c4ccc(C)c(C)c4)c(N4CCOCC4)nc3c2)c1. The van der Waals surface area contributed by atoms with Gasteiger partial charge < -0.3 is 19.7 Å². The minimum Gasteiger partial charge on any atom is -0.497 e. The first-order valence-electron chi connectivity index (χ1n) is 12.3. The van der Waals surface area contributed by atoms with Crippen LogP contribution in [0.4, 0.5) is 5.95 Å². The minimum absolute atomic E-state index is 0.168. The van der Waals surface area contributed by atoms with Gasteiger partial charge in [-0.1, -0.05) is 18.2 Å². The van der Waals surface area contributed by atoms with Gasteiger partial charge in [0.05, 0.1) is 36.9 Å². The maximum Gasteiger partial charge on any atom is 0.267 e. The highest BCUT2D eigenvalue weighted by molar-refractivity contribution is 5.97. The molecule has 1 saturated heterocycles. The molecule has 190 valence electrons. The van der Waals surface area contributed by atoms with E-state index in [0.717, 1.165) is 28.1 Å². The van der Waals surface area contributed by atoms with Gasteiger partial charge in [-0.25, -0.2) is 9.55 Å². The van der Waals surface area contributed by atoms with Crippen LogP contribution in [0.25, 0.3) is 16.6 Å². The first-order valence-corrected chi connectivity index (χ1v) is 12.3. The number of benzene rings is 3. The Labute approximate surface area is 215 Å². The number of nitrogens with one attached hydrogen (secondary N) is 1. The van der Waals surface area contributed by atoms with Crippen molar-refractivity contribution in [2.24, 2.45) is 0 Å². The molecule has 0 aliphatic carbocycles. The Morgan fingerprint density at radius 2 is 1.84 bits per heavy atom. The highest BCUT2D eigenvalue weighted by Gasteiger charge is 2.21. The molecule has 8 heteroatoms. The van der Waals surface area contributed by atoms with Crippen LogP contribution in [0.15, 0.2) is 65.5 Å². The van der Waals surface area contributed by atoms with Gasteiger partial charge in [0.25, 0.3) is 11.5 Å². The Morgan fingerprint density at radius 1 is 1.03 bits per heavy atom. The summed E-state index contributed by atoms with van der Waals surface area (Å²) in [6.45, 7) is 6.82. The van der Waals surface area contributed by atoms with E-state index < -0.39 is 0 Å². The molecule has 0 bridgehead atoms. The fourth-order valence-corrected chi connectivity index (χ4v) is 4.45. The second-order valence-electron chi connectivity index (χ2n) is 9.19. The molecule has 1 aliphatic heterocycles. The Bertz CT molecular complexity index is 1520. The van der Waals surface area contributed by atoms with E-state index in [1.807, 2.05) is 56.3 Å². The summed E-state index contributed by atoms with van der Waals surface area (Å²) in [7, 11) is 1.61. The molecule has 1 fully saturated rings. The van der Waals surface area contributed by atoms with E-state index in [1.165, 1.54) is 0 Å². The zero-order valence-electron chi connectivity index (χ0n) is 21.3. The highest BCUT2D eigenvalue weighted by atomic mass is 16.5. The van der Waals surface area contributed by atoms with Crippen LogP contribution in [0.2, 0.25) is 0 Å². The number of amides is 1. The molecule has 0 spiro atoms. The van der Waals surface area contributed by atoms with Crippen LogP contribution in [0.5, 0.6) is 5.75 Å². The van der Waals surface area contributed by atoms with Crippen molar-refractivity contribution in [3.8, 4) is 11.4 Å². The number of carbonyl (C=O) groups excluding carboxylic acids is 1. The van der Waals surface area contributed by atoms with Crippen LogP contribution in [0, 0.1) is 13.8 Å². The predicted molar refractivity (Wildman–Crippen MR) is 144 cm³/mol. The summed E-state index contributed by atoms with van der Waals surface area (Å²) in [5.41, 5.74) is 4.71. The molecule has 0 unspecified atom stereocenters. The lowest BCUT2D eigenvalue weighted by Crippen LogP contribution is -2.40. The monoisotopic (exact) mass is 498 g/mol. The van der Waals surface area contributed by atoms with Crippen LogP contribution in [0.3, 0.4) is 0 Å². The van der Waals surface area contributed by atoms with E-state index in [9.17, 15) is 9.59 Å². The van der Waals surface area contributed by atoms with E-state index in [2.05, 4.69) is 10.2 Å². The standard InChI is InChI=1S/C29H30N4O4/c1-19-7-9-23(15-20(19)2)33-28(35)25-10-8-22(17-26(25)31-29(33)32-11-13-37-14-12-32)27(34)30-18-21-5-4-6-24(16-21)36-3/h4-10,15-17H,11-14,18H2,1-3H3,(H,30,34). The summed E-state index contributed by atoms with van der Waals surface area (Å²) >= 11 is 0. The van der Waals surface area contributed by atoms with E-state index in [0.29, 0.717) is 55.3 Å². The summed E-state index contributed by atoms with van der Waals surface area (Å²) in [6, 6.07) is 18.6. The molecule has 4 aromatic rings. The number of carbonyl (C=O) groups is 1. The Hall–Kier alpha value is -4.17. The van der Waals surface area contributed by atoms with Gasteiger partial charge in [0.15, 0.2) is 0 Å². The number of aromatic nitrogens is 2. The molecule has 1 N–H and O–H groups in total. The number of hydrogen-bond donors (Lipinski definition) is 1. The van der Waals surface area contributed by atoms with Crippen molar-refractivity contribution in [3.63, 3.8) is 0 Å². The van der Waals surface area contributed by atoms with Crippen molar-refractivity contribution >= 4 is 22.8 Å². The van der Waals surface area contributed by atoms with Gasteiger partial charge in [-0.3, -0.25) is 9.59 Å². The molecule has 1 amide bonds. The van der Waals surface area contributed by atoms with Crippen molar-refractivity contribution in [1.82, 2.24) is 14.9 Å².